The van der Waals surface area contributed by atoms with Crippen LogP contribution >= 0.6 is 0 Å². The third-order valence-corrected chi connectivity index (χ3v) is 8.08. The minimum atomic E-state index is -0.0759. The van der Waals surface area contributed by atoms with Crippen LogP contribution < -0.4 is 29.0 Å². The summed E-state index contributed by atoms with van der Waals surface area (Å²) in [4.78, 5) is 15.7. The summed E-state index contributed by atoms with van der Waals surface area (Å²) in [5, 5.41) is 3.30. The van der Waals surface area contributed by atoms with Crippen molar-refractivity contribution in [3.63, 3.8) is 0 Å². The number of aryl methyl sites for hydroxylation is 1. The molecule has 8 nitrogen and oxygen atoms in total. The van der Waals surface area contributed by atoms with Gasteiger partial charge in [-0.3, -0.25) is 9.69 Å². The fourth-order valence-electron chi connectivity index (χ4n) is 6.12. The highest BCUT2D eigenvalue weighted by Gasteiger charge is 2.32. The minimum absolute atomic E-state index is 0.0283. The van der Waals surface area contributed by atoms with Gasteiger partial charge in [0.1, 0.15) is 0 Å². The van der Waals surface area contributed by atoms with Crippen molar-refractivity contribution in [1.82, 2.24) is 10.2 Å². The highest BCUT2D eigenvalue weighted by molar-refractivity contribution is 5.79. The van der Waals surface area contributed by atoms with Gasteiger partial charge in [0, 0.05) is 12.6 Å². The maximum atomic E-state index is 13.4. The van der Waals surface area contributed by atoms with Crippen molar-refractivity contribution < 1.29 is 28.5 Å². The van der Waals surface area contributed by atoms with E-state index < -0.39 is 0 Å². The number of carbonyl (C=O) groups is 1. The van der Waals surface area contributed by atoms with Crippen LogP contribution in [0.25, 0.3) is 0 Å². The van der Waals surface area contributed by atoms with Gasteiger partial charge < -0.3 is 29.0 Å². The molecule has 8 heteroatoms. The molecule has 1 N–H and O–H groups in total. The molecule has 5 rings (SSSR count). The number of ether oxygens (including phenoxy) is 5. The maximum absolute atomic E-state index is 13.4. The lowest BCUT2D eigenvalue weighted by Gasteiger charge is -2.38. The van der Waals surface area contributed by atoms with Gasteiger partial charge in [-0.1, -0.05) is 24.3 Å². The SMILES string of the molecule is COc1cc2c(cc1OC)C(Cc1cc(OC)c(OC)c(OC)c1)N(CC(=O)NC1CCc3ccccc31)CC2. The third kappa shape index (κ3) is 5.41. The molecule has 0 radical (unpaired) electrons. The summed E-state index contributed by atoms with van der Waals surface area (Å²) in [6.45, 7) is 1.04. The van der Waals surface area contributed by atoms with Crippen LogP contribution in [0.2, 0.25) is 0 Å². The standard InChI is InChI=1S/C32H38N2O6/c1-36-27-17-22-12-13-34(19-31(35)33-25-11-10-21-8-6-7-9-23(21)25)26(24(22)18-28(27)37-2)14-20-15-29(38-3)32(40-5)30(16-20)39-4/h6-9,15-18,25-26H,10-14,19H2,1-5H3,(H,33,35). The molecule has 0 saturated carbocycles. The second kappa shape index (κ2) is 12.1. The molecule has 1 aliphatic carbocycles. The van der Waals surface area contributed by atoms with Gasteiger partial charge >= 0.3 is 0 Å². The molecular weight excluding hydrogens is 508 g/mol. The van der Waals surface area contributed by atoms with Gasteiger partial charge in [-0.05, 0) is 77.8 Å². The topological polar surface area (TPSA) is 78.5 Å². The Morgan fingerprint density at radius 1 is 0.800 bits per heavy atom. The minimum Gasteiger partial charge on any atom is -0.493 e. The molecule has 2 atom stereocenters. The van der Waals surface area contributed by atoms with Crippen LogP contribution in [0.5, 0.6) is 28.7 Å². The highest BCUT2D eigenvalue weighted by Crippen LogP contribution is 2.43. The number of amides is 1. The number of methoxy groups -OCH3 is 5. The molecule has 0 bridgehead atoms. The number of rotatable bonds is 10. The molecule has 3 aromatic rings. The Morgan fingerprint density at radius 2 is 1.48 bits per heavy atom. The lowest BCUT2D eigenvalue weighted by Crippen LogP contribution is -2.44. The summed E-state index contributed by atoms with van der Waals surface area (Å²) >= 11 is 0. The summed E-state index contributed by atoms with van der Waals surface area (Å²) in [6, 6.07) is 16.4. The van der Waals surface area contributed by atoms with E-state index in [0.717, 1.165) is 36.9 Å². The highest BCUT2D eigenvalue weighted by atomic mass is 16.5. The van der Waals surface area contributed by atoms with Crippen molar-refractivity contribution >= 4 is 5.91 Å². The van der Waals surface area contributed by atoms with Gasteiger partial charge in [0.05, 0.1) is 48.1 Å². The Morgan fingerprint density at radius 3 is 2.15 bits per heavy atom. The molecule has 3 aromatic carbocycles. The largest absolute Gasteiger partial charge is 0.493 e. The summed E-state index contributed by atoms with van der Waals surface area (Å²) in [6.07, 6.45) is 3.36. The average molecular weight is 547 g/mol. The summed E-state index contributed by atoms with van der Waals surface area (Å²) in [7, 11) is 8.13. The van der Waals surface area contributed by atoms with Gasteiger partial charge in [-0.15, -0.1) is 0 Å². The molecule has 0 fully saturated rings. The first-order valence-corrected chi connectivity index (χ1v) is 13.6. The second-order valence-corrected chi connectivity index (χ2v) is 10.2. The predicted octanol–water partition coefficient (Wildman–Crippen LogP) is 4.68. The molecule has 2 aliphatic rings. The molecule has 1 heterocycles. The van der Waals surface area contributed by atoms with Crippen LogP contribution in [0.4, 0.5) is 0 Å². The van der Waals surface area contributed by atoms with Crippen molar-refractivity contribution in [2.45, 2.75) is 37.8 Å². The number of fused-ring (bicyclic) bond motifs is 2. The first-order chi connectivity index (χ1) is 19.5. The molecule has 1 amide bonds. The zero-order valence-corrected chi connectivity index (χ0v) is 23.9. The van der Waals surface area contributed by atoms with E-state index in [4.69, 9.17) is 23.7 Å². The summed E-state index contributed by atoms with van der Waals surface area (Å²) in [5.41, 5.74) is 5.87. The second-order valence-electron chi connectivity index (χ2n) is 10.2. The van der Waals surface area contributed by atoms with E-state index in [1.807, 2.05) is 24.3 Å². The normalized spacial score (nSPS) is 17.9. The van der Waals surface area contributed by atoms with Crippen LogP contribution in [0.15, 0.2) is 48.5 Å². The molecular formula is C32H38N2O6. The number of benzene rings is 3. The zero-order chi connectivity index (χ0) is 28.2. The number of nitrogens with one attached hydrogen (secondary N) is 1. The third-order valence-electron chi connectivity index (χ3n) is 8.08. The van der Waals surface area contributed by atoms with Gasteiger partial charge in [0.25, 0.3) is 0 Å². The van der Waals surface area contributed by atoms with Gasteiger partial charge in [-0.2, -0.15) is 0 Å². The fraction of sp³-hybridized carbons (Fsp3) is 0.406. The molecule has 40 heavy (non-hydrogen) atoms. The Kier molecular flexibility index (Phi) is 8.35. The van der Waals surface area contributed by atoms with Crippen molar-refractivity contribution in [1.29, 1.82) is 0 Å². The number of nitrogens with zero attached hydrogens (tertiary/aromatic N) is 1. The average Bonchev–Trinajstić information content (AvgIpc) is 3.39. The molecule has 0 spiro atoms. The maximum Gasteiger partial charge on any atom is 0.234 e. The summed E-state index contributed by atoms with van der Waals surface area (Å²) in [5.74, 6) is 3.16. The Balaban J connectivity index is 1.46. The van der Waals surface area contributed by atoms with Crippen LogP contribution in [0.1, 0.15) is 46.3 Å². The lowest BCUT2D eigenvalue weighted by atomic mass is 9.88. The van der Waals surface area contributed by atoms with E-state index >= 15 is 0 Å². The molecule has 1 aliphatic heterocycles. The van der Waals surface area contributed by atoms with E-state index in [2.05, 4.69) is 34.5 Å². The molecule has 212 valence electrons. The van der Waals surface area contributed by atoms with Crippen LogP contribution in [-0.2, 0) is 24.1 Å². The van der Waals surface area contributed by atoms with Crippen molar-refractivity contribution in [3.05, 3.63) is 76.3 Å². The fourth-order valence-corrected chi connectivity index (χ4v) is 6.12. The monoisotopic (exact) mass is 546 g/mol. The molecule has 0 aromatic heterocycles. The van der Waals surface area contributed by atoms with E-state index in [1.54, 1.807) is 35.5 Å². The molecule has 0 saturated heterocycles. The van der Waals surface area contributed by atoms with Gasteiger partial charge in [0.15, 0.2) is 23.0 Å². The number of carbonyl (C=O) groups excluding carboxylic acids is 1. The van der Waals surface area contributed by atoms with E-state index in [1.165, 1.54) is 16.7 Å². The van der Waals surface area contributed by atoms with Gasteiger partial charge in [0.2, 0.25) is 11.7 Å². The Hall–Kier alpha value is -3.91. The lowest BCUT2D eigenvalue weighted by molar-refractivity contribution is -0.123. The number of hydrogen-bond donors (Lipinski definition) is 1. The van der Waals surface area contributed by atoms with Crippen molar-refractivity contribution in [2.24, 2.45) is 0 Å². The predicted molar refractivity (Wildman–Crippen MR) is 153 cm³/mol. The van der Waals surface area contributed by atoms with E-state index in [-0.39, 0.29) is 18.0 Å². The smallest absolute Gasteiger partial charge is 0.234 e. The zero-order valence-electron chi connectivity index (χ0n) is 23.9. The van der Waals surface area contributed by atoms with Crippen LogP contribution in [0, 0.1) is 0 Å². The van der Waals surface area contributed by atoms with E-state index in [9.17, 15) is 4.79 Å². The van der Waals surface area contributed by atoms with Crippen molar-refractivity contribution in [3.8, 4) is 28.7 Å². The first kappa shape index (κ1) is 27.6. The van der Waals surface area contributed by atoms with Crippen molar-refractivity contribution in [2.75, 3.05) is 48.6 Å². The Bertz CT molecular complexity index is 1350. The van der Waals surface area contributed by atoms with E-state index in [0.29, 0.717) is 41.7 Å². The van der Waals surface area contributed by atoms with Gasteiger partial charge in [-0.25, -0.2) is 0 Å². The first-order valence-electron chi connectivity index (χ1n) is 13.6. The molecule has 2 unspecified atom stereocenters. The Labute approximate surface area is 236 Å². The summed E-state index contributed by atoms with van der Waals surface area (Å²) < 4.78 is 28.0. The van der Waals surface area contributed by atoms with Crippen LogP contribution in [0.3, 0.4) is 0 Å². The van der Waals surface area contributed by atoms with Crippen LogP contribution in [-0.4, -0.2) is 59.4 Å². The number of hydrogen-bond acceptors (Lipinski definition) is 7. The quantitative estimate of drug-likeness (QED) is 0.396.